The maximum Gasteiger partial charge on any atom is 0.107 e. The van der Waals surface area contributed by atoms with E-state index in [1.807, 2.05) is 36.4 Å². The zero-order chi connectivity index (χ0) is 10.3. The van der Waals surface area contributed by atoms with Gasteiger partial charge < -0.3 is 5.32 Å². The highest BCUT2D eigenvalue weighted by Gasteiger charge is 2.16. The molecule has 0 spiro atoms. The molecule has 2 aromatic carbocycles. The van der Waals surface area contributed by atoms with Gasteiger partial charge >= 0.3 is 0 Å². The highest BCUT2D eigenvalue weighted by atomic mass is 14.9. The van der Waals surface area contributed by atoms with E-state index < -0.39 is 0 Å². The molecule has 0 bridgehead atoms. The smallest absolute Gasteiger partial charge is 0.107 e. The minimum Gasteiger partial charge on any atom is -0.613 e. The molecule has 0 radical (unpaired) electrons. The van der Waals surface area contributed by atoms with Crippen LogP contribution >= 0.6 is 0 Å². The highest BCUT2D eigenvalue weighted by Crippen LogP contribution is 2.45. The van der Waals surface area contributed by atoms with Gasteiger partial charge in [0.2, 0.25) is 0 Å². The van der Waals surface area contributed by atoms with Crippen molar-refractivity contribution in [3.8, 4) is 11.1 Å². The molecule has 0 aliphatic carbocycles. The highest BCUT2D eigenvalue weighted by molar-refractivity contribution is 5.99. The number of hydrogen-bond donors (Lipinski definition) is 0. The minimum atomic E-state index is 0.601. The Kier molecular flexibility index (Phi) is 1.61. The third kappa shape index (κ3) is 1.14. The summed E-state index contributed by atoms with van der Waals surface area (Å²) < 4.78 is 0. The lowest BCUT2D eigenvalue weighted by Crippen LogP contribution is -1.93. The molecule has 0 atom stereocenters. The molecule has 0 aromatic heterocycles. The first-order chi connectivity index (χ1) is 7.36. The van der Waals surface area contributed by atoms with Crippen molar-refractivity contribution in [1.82, 2.24) is 0 Å². The fourth-order valence-corrected chi connectivity index (χ4v) is 1.93. The third-order valence-electron chi connectivity index (χ3n) is 2.64. The summed E-state index contributed by atoms with van der Waals surface area (Å²) in [7, 11) is 0. The summed E-state index contributed by atoms with van der Waals surface area (Å²) in [5.41, 5.74) is 4.90. The van der Waals surface area contributed by atoms with Crippen molar-refractivity contribution in [2.24, 2.45) is 0 Å². The molecule has 70 valence electrons. The topological polar surface area (TPSA) is 14.1 Å². The molecule has 2 aromatic rings. The third-order valence-corrected chi connectivity index (χ3v) is 2.64. The molecule has 0 amide bonds. The van der Waals surface area contributed by atoms with Gasteiger partial charge in [0.25, 0.3) is 0 Å². The Morgan fingerprint density at radius 1 is 0.733 bits per heavy atom. The second-order valence-electron chi connectivity index (χ2n) is 3.56. The Balaban J connectivity index is 2.34. The van der Waals surface area contributed by atoms with Crippen molar-refractivity contribution >= 4 is 11.4 Å². The Morgan fingerprint density at radius 3 is 2.13 bits per heavy atom. The zero-order valence-electron chi connectivity index (χ0n) is 8.14. The zero-order valence-corrected chi connectivity index (χ0v) is 8.14. The van der Waals surface area contributed by atoms with E-state index in [2.05, 4.69) is 17.4 Å². The van der Waals surface area contributed by atoms with E-state index in [4.69, 9.17) is 6.58 Å². The molecule has 0 saturated heterocycles. The van der Waals surface area contributed by atoms with Crippen LogP contribution in [0.3, 0.4) is 0 Å². The molecule has 1 aliphatic rings. The van der Waals surface area contributed by atoms with E-state index in [1.54, 1.807) is 0 Å². The van der Waals surface area contributed by atoms with Crippen LogP contribution < -0.4 is 0 Å². The summed E-state index contributed by atoms with van der Waals surface area (Å²) in [6, 6.07) is 16.1. The molecule has 0 unspecified atom stereocenters. The number of hydrogen-bond acceptors (Lipinski definition) is 0. The van der Waals surface area contributed by atoms with Crippen LogP contribution in [0.4, 0.5) is 5.69 Å². The second-order valence-corrected chi connectivity index (χ2v) is 3.56. The van der Waals surface area contributed by atoms with E-state index >= 15 is 0 Å². The fourth-order valence-electron chi connectivity index (χ4n) is 1.93. The summed E-state index contributed by atoms with van der Waals surface area (Å²) in [6.07, 6.45) is 0. The van der Waals surface area contributed by atoms with Crippen LogP contribution in [0.2, 0.25) is 0 Å². The summed E-state index contributed by atoms with van der Waals surface area (Å²) in [5.74, 6) is 0. The van der Waals surface area contributed by atoms with Gasteiger partial charge in [-0.25, -0.2) is 0 Å². The molecule has 0 fully saturated rings. The predicted octanol–water partition coefficient (Wildman–Crippen LogP) is 4.15. The Labute approximate surface area is 89.1 Å². The van der Waals surface area contributed by atoms with Crippen LogP contribution in [0, 0.1) is 6.58 Å². The summed E-state index contributed by atoms with van der Waals surface area (Å²) in [5, 5.41) is 4.38. The molecule has 1 aliphatic heterocycles. The summed E-state index contributed by atoms with van der Waals surface area (Å²) >= 11 is 0. The predicted molar refractivity (Wildman–Crippen MR) is 62.6 cm³/mol. The van der Waals surface area contributed by atoms with Gasteiger partial charge in [-0.15, -0.1) is 5.69 Å². The van der Waals surface area contributed by atoms with Crippen LogP contribution in [0.15, 0.2) is 48.5 Å². The lowest BCUT2D eigenvalue weighted by Gasteiger charge is -2.27. The first kappa shape index (κ1) is 8.22. The first-order valence-corrected chi connectivity index (χ1v) is 4.89. The van der Waals surface area contributed by atoms with Crippen LogP contribution in [0.5, 0.6) is 0 Å². The maximum absolute atomic E-state index is 5.91. The standard InChI is InChI=1S/C14H9N/c1-10-11-6-2-3-7-12(11)13-8-4-5-9-14(13)15-10/h1-9H. The fraction of sp³-hybridized carbons (Fsp3) is 0. The average molecular weight is 191 g/mol. The molecule has 15 heavy (non-hydrogen) atoms. The van der Waals surface area contributed by atoms with E-state index in [0.29, 0.717) is 5.70 Å². The van der Waals surface area contributed by atoms with Crippen molar-refractivity contribution in [2.45, 2.75) is 0 Å². The van der Waals surface area contributed by atoms with Crippen LogP contribution in [0.1, 0.15) is 5.56 Å². The normalized spacial score (nSPS) is 12.6. The monoisotopic (exact) mass is 191 g/mol. The minimum absolute atomic E-state index is 0.601. The van der Waals surface area contributed by atoms with Gasteiger partial charge in [-0.3, -0.25) is 0 Å². The first-order valence-electron chi connectivity index (χ1n) is 4.89. The van der Waals surface area contributed by atoms with E-state index in [9.17, 15) is 0 Å². The van der Waals surface area contributed by atoms with Crippen LogP contribution in [-0.4, -0.2) is 0 Å². The lowest BCUT2D eigenvalue weighted by atomic mass is 9.93. The summed E-state index contributed by atoms with van der Waals surface area (Å²) in [4.78, 5) is 0. The maximum atomic E-state index is 5.91. The van der Waals surface area contributed by atoms with Crippen molar-refractivity contribution in [1.29, 1.82) is 0 Å². The number of rotatable bonds is 0. The molecule has 1 heterocycles. The Morgan fingerprint density at radius 2 is 1.33 bits per heavy atom. The van der Waals surface area contributed by atoms with Gasteiger partial charge in [-0.1, -0.05) is 30.3 Å². The van der Waals surface area contributed by atoms with Crippen molar-refractivity contribution < 1.29 is 0 Å². The quantitative estimate of drug-likeness (QED) is 0.555. The SMILES string of the molecule is [CH+]=C1[N-]c2ccccc2-c2ccccc21. The van der Waals surface area contributed by atoms with Gasteiger partial charge in [0.1, 0.15) is 5.56 Å². The van der Waals surface area contributed by atoms with Gasteiger partial charge in [-0.2, -0.15) is 0 Å². The van der Waals surface area contributed by atoms with Crippen molar-refractivity contribution in [3.05, 3.63) is 66.0 Å². The molecule has 1 nitrogen and oxygen atoms in total. The number of fused-ring (bicyclic) bond motifs is 3. The molecule has 0 saturated carbocycles. The van der Waals surface area contributed by atoms with Gasteiger partial charge in [0.15, 0.2) is 0 Å². The molecule has 3 rings (SSSR count). The number of para-hydroxylation sites is 1. The average Bonchev–Trinajstić information content (AvgIpc) is 2.30. The largest absolute Gasteiger partial charge is 0.613 e. The molecular formula is C14H9N. The van der Waals surface area contributed by atoms with Gasteiger partial charge in [0, 0.05) is 12.6 Å². The van der Waals surface area contributed by atoms with E-state index in [0.717, 1.165) is 16.8 Å². The second kappa shape index (κ2) is 2.94. The van der Waals surface area contributed by atoms with E-state index in [1.165, 1.54) is 5.56 Å². The van der Waals surface area contributed by atoms with Crippen molar-refractivity contribution in [2.75, 3.05) is 0 Å². The van der Waals surface area contributed by atoms with Crippen molar-refractivity contribution in [3.63, 3.8) is 0 Å². The molecule has 0 N–H and O–H groups in total. The van der Waals surface area contributed by atoms with Gasteiger partial charge in [-0.05, 0) is 17.7 Å². The summed E-state index contributed by atoms with van der Waals surface area (Å²) in [6.45, 7) is 5.91. The Hall–Kier alpha value is -2.11. The molecular weight excluding hydrogens is 182 g/mol. The van der Waals surface area contributed by atoms with Crippen LogP contribution in [-0.2, 0) is 0 Å². The van der Waals surface area contributed by atoms with Crippen LogP contribution in [0.25, 0.3) is 22.1 Å². The molecule has 1 heteroatoms. The van der Waals surface area contributed by atoms with Gasteiger partial charge in [0.05, 0.1) is 11.3 Å². The van der Waals surface area contributed by atoms with E-state index in [-0.39, 0.29) is 0 Å². The Bertz CT molecular complexity index is 541. The number of nitrogens with zero attached hydrogens (tertiary/aromatic N) is 1. The number of benzene rings is 2. The lowest BCUT2D eigenvalue weighted by molar-refractivity contribution is 1.51.